The molecule has 45 heavy (non-hydrogen) atoms. The van der Waals surface area contributed by atoms with Crippen LogP contribution in [0, 0.1) is 17.8 Å². The molecule has 2 aromatic carbocycles. The van der Waals surface area contributed by atoms with Crippen molar-refractivity contribution >= 4 is 27.5 Å². The summed E-state index contributed by atoms with van der Waals surface area (Å²) in [6, 6.07) is 14.7. The number of sulfonamides is 1. The lowest BCUT2D eigenvalue weighted by Gasteiger charge is -2.57. The summed E-state index contributed by atoms with van der Waals surface area (Å²) in [5, 5.41) is 3.16. The Balaban J connectivity index is 1.25. The van der Waals surface area contributed by atoms with Gasteiger partial charge in [0.1, 0.15) is 18.3 Å². The Kier molecular flexibility index (Phi) is 9.19. The number of rotatable bonds is 12. The maximum absolute atomic E-state index is 14.2. The van der Waals surface area contributed by atoms with Crippen LogP contribution in [-0.2, 0) is 31.6 Å². The highest BCUT2D eigenvalue weighted by molar-refractivity contribution is 7.92. The van der Waals surface area contributed by atoms with Gasteiger partial charge in [0.05, 0.1) is 19.1 Å². The molecule has 7 rings (SSSR count). The second-order valence-corrected chi connectivity index (χ2v) is 16.2. The van der Waals surface area contributed by atoms with Crippen LogP contribution in [0.2, 0.25) is 0 Å². The second kappa shape index (κ2) is 13.0. The van der Waals surface area contributed by atoms with E-state index in [4.69, 9.17) is 4.74 Å². The number of amides is 2. The summed E-state index contributed by atoms with van der Waals surface area (Å²) in [5.41, 5.74) is 2.79. The van der Waals surface area contributed by atoms with E-state index in [2.05, 4.69) is 17.4 Å². The fourth-order valence-corrected chi connectivity index (χ4v) is 10.2. The van der Waals surface area contributed by atoms with E-state index in [0.717, 1.165) is 55.3 Å². The summed E-state index contributed by atoms with van der Waals surface area (Å²) in [5.74, 6) is 2.49. The van der Waals surface area contributed by atoms with Gasteiger partial charge < -0.3 is 15.0 Å². The molecule has 0 aromatic heterocycles. The van der Waals surface area contributed by atoms with Crippen LogP contribution in [0.1, 0.15) is 88.7 Å². The number of hydrogen-bond donors (Lipinski definition) is 1. The summed E-state index contributed by atoms with van der Waals surface area (Å²) < 4.78 is 33.0. The van der Waals surface area contributed by atoms with E-state index in [0.29, 0.717) is 17.9 Å². The summed E-state index contributed by atoms with van der Waals surface area (Å²) in [6.07, 6.45) is 13.4. The van der Waals surface area contributed by atoms with Gasteiger partial charge in [-0.05, 0) is 116 Å². The first-order valence-corrected chi connectivity index (χ1v) is 18.7. The van der Waals surface area contributed by atoms with Gasteiger partial charge in [0.15, 0.2) is 0 Å². The lowest BCUT2D eigenvalue weighted by molar-refractivity contribution is -0.140. The number of nitrogens with zero attached hydrogens (tertiary/aromatic N) is 2. The molecule has 5 saturated carbocycles. The molecule has 1 atom stereocenters. The van der Waals surface area contributed by atoms with Crippen molar-refractivity contribution in [1.82, 2.24) is 10.2 Å². The number of hydrogen-bond acceptors (Lipinski definition) is 5. The van der Waals surface area contributed by atoms with Gasteiger partial charge in [-0.3, -0.25) is 13.9 Å². The lowest BCUT2D eigenvalue weighted by atomic mass is 9.48. The maximum Gasteiger partial charge on any atom is 0.244 e. The van der Waals surface area contributed by atoms with Crippen LogP contribution >= 0.6 is 0 Å². The van der Waals surface area contributed by atoms with E-state index < -0.39 is 22.0 Å². The first kappa shape index (κ1) is 31.9. The predicted octanol–water partition coefficient (Wildman–Crippen LogP) is 5.80. The Labute approximate surface area is 268 Å². The highest BCUT2D eigenvalue weighted by atomic mass is 32.2. The molecule has 0 aliphatic heterocycles. The van der Waals surface area contributed by atoms with E-state index in [1.165, 1.54) is 48.4 Å². The number of nitrogens with one attached hydrogen (secondary N) is 1. The average Bonchev–Trinajstić information content (AvgIpc) is 3.51. The molecule has 5 fully saturated rings. The molecule has 4 bridgehead atoms. The molecule has 0 heterocycles. The Bertz CT molecular complexity index is 1450. The van der Waals surface area contributed by atoms with Gasteiger partial charge in [-0.2, -0.15) is 0 Å². The number of benzene rings is 2. The molecule has 5 aliphatic carbocycles. The second-order valence-electron chi connectivity index (χ2n) is 14.3. The first-order chi connectivity index (χ1) is 21.6. The molecule has 244 valence electrons. The van der Waals surface area contributed by atoms with Gasteiger partial charge in [0, 0.05) is 12.6 Å². The molecule has 5 aliphatic rings. The van der Waals surface area contributed by atoms with Crippen molar-refractivity contribution in [1.29, 1.82) is 0 Å². The standard InChI is InChI=1S/C36H49N3O5S/c1-4-33(35(41)37-30-9-5-6-10-30)38(23-25-8-7-11-32(19-25)44-2)34(40)24-39(45(3,42)43)31-14-12-29(13-15-31)36-20-26-16-27(21-36)18-28(17-26)22-36/h7-8,11-15,19,26-28,30,33H,4-6,9-10,16-18,20-24H2,1-3H3,(H,37,41)/t26?,27?,28?,33-,36?/m1/s1. The molecule has 8 nitrogen and oxygen atoms in total. The minimum absolute atomic E-state index is 0.111. The van der Waals surface area contributed by atoms with Crippen LogP contribution in [-0.4, -0.2) is 57.1 Å². The topological polar surface area (TPSA) is 96.0 Å². The van der Waals surface area contributed by atoms with Gasteiger partial charge in [0.2, 0.25) is 21.8 Å². The Hall–Kier alpha value is -3.07. The molecule has 0 radical (unpaired) electrons. The van der Waals surface area contributed by atoms with E-state index in [1.54, 1.807) is 12.0 Å². The molecular formula is C36H49N3O5S. The van der Waals surface area contributed by atoms with Crippen molar-refractivity contribution in [3.05, 3.63) is 59.7 Å². The van der Waals surface area contributed by atoms with Gasteiger partial charge in [-0.15, -0.1) is 0 Å². The zero-order valence-corrected chi connectivity index (χ0v) is 27.9. The molecule has 2 amide bonds. The van der Waals surface area contributed by atoms with E-state index in [9.17, 15) is 18.0 Å². The molecule has 0 unspecified atom stereocenters. The first-order valence-electron chi connectivity index (χ1n) is 16.9. The zero-order valence-electron chi connectivity index (χ0n) is 27.0. The average molecular weight is 636 g/mol. The van der Waals surface area contributed by atoms with Crippen LogP contribution in [0.15, 0.2) is 48.5 Å². The summed E-state index contributed by atoms with van der Waals surface area (Å²) in [6.45, 7) is 1.67. The molecule has 1 N–H and O–H groups in total. The van der Waals surface area contributed by atoms with Crippen molar-refractivity contribution in [2.75, 3.05) is 24.2 Å². The van der Waals surface area contributed by atoms with E-state index >= 15 is 0 Å². The van der Waals surface area contributed by atoms with Crippen LogP contribution in [0.4, 0.5) is 5.69 Å². The number of ether oxygens (including phenoxy) is 1. The fraction of sp³-hybridized carbons (Fsp3) is 0.611. The molecule has 9 heteroatoms. The minimum atomic E-state index is -3.79. The van der Waals surface area contributed by atoms with Crippen molar-refractivity contribution in [3.63, 3.8) is 0 Å². The van der Waals surface area contributed by atoms with E-state index in [1.807, 2.05) is 43.3 Å². The Morgan fingerprint density at radius 1 is 0.978 bits per heavy atom. The van der Waals surface area contributed by atoms with Gasteiger partial charge in [-0.1, -0.05) is 44.0 Å². The highest BCUT2D eigenvalue weighted by Crippen LogP contribution is 2.60. The third-order valence-corrected chi connectivity index (χ3v) is 12.2. The SMILES string of the molecule is CC[C@H](C(=O)NC1CCCC1)N(Cc1cccc(OC)c1)C(=O)CN(c1ccc(C23CC4CC(CC(C4)C2)C3)cc1)S(C)(=O)=O. The van der Waals surface area contributed by atoms with Crippen molar-refractivity contribution in [2.24, 2.45) is 17.8 Å². The van der Waals surface area contributed by atoms with Crippen LogP contribution in [0.3, 0.4) is 0 Å². The fourth-order valence-electron chi connectivity index (χ4n) is 9.31. The minimum Gasteiger partial charge on any atom is -0.497 e. The lowest BCUT2D eigenvalue weighted by Crippen LogP contribution is -2.53. The number of anilines is 1. The molecule has 2 aromatic rings. The zero-order chi connectivity index (χ0) is 31.8. The summed E-state index contributed by atoms with van der Waals surface area (Å²) >= 11 is 0. The van der Waals surface area contributed by atoms with Crippen molar-refractivity contribution in [3.8, 4) is 5.75 Å². The smallest absolute Gasteiger partial charge is 0.244 e. The largest absolute Gasteiger partial charge is 0.497 e. The normalized spacial score (nSPS) is 26.4. The maximum atomic E-state index is 14.2. The third-order valence-electron chi connectivity index (χ3n) is 11.1. The van der Waals surface area contributed by atoms with Crippen molar-refractivity contribution < 1.29 is 22.7 Å². The Morgan fingerprint density at radius 2 is 1.60 bits per heavy atom. The summed E-state index contributed by atoms with van der Waals surface area (Å²) in [7, 11) is -2.21. The highest BCUT2D eigenvalue weighted by Gasteiger charge is 2.51. The molecule has 0 spiro atoms. The Morgan fingerprint density at radius 3 is 2.16 bits per heavy atom. The summed E-state index contributed by atoms with van der Waals surface area (Å²) in [4.78, 5) is 29.3. The van der Waals surface area contributed by atoms with Gasteiger partial charge in [0.25, 0.3) is 0 Å². The van der Waals surface area contributed by atoms with Gasteiger partial charge in [-0.25, -0.2) is 8.42 Å². The molecule has 0 saturated heterocycles. The number of carbonyl (C=O) groups excluding carboxylic acids is 2. The van der Waals surface area contributed by atoms with Crippen LogP contribution in [0.25, 0.3) is 0 Å². The predicted molar refractivity (Wildman–Crippen MR) is 177 cm³/mol. The third kappa shape index (κ3) is 6.88. The van der Waals surface area contributed by atoms with Crippen LogP contribution < -0.4 is 14.4 Å². The van der Waals surface area contributed by atoms with E-state index in [-0.39, 0.29) is 30.5 Å². The number of carbonyl (C=O) groups is 2. The monoisotopic (exact) mass is 635 g/mol. The number of methoxy groups -OCH3 is 1. The van der Waals surface area contributed by atoms with Gasteiger partial charge >= 0.3 is 0 Å². The quantitative estimate of drug-likeness (QED) is 0.318. The van der Waals surface area contributed by atoms with Crippen LogP contribution in [0.5, 0.6) is 5.75 Å². The van der Waals surface area contributed by atoms with Crippen molar-refractivity contribution in [2.45, 2.75) is 102 Å². The molecular weight excluding hydrogens is 586 g/mol.